The topological polar surface area (TPSA) is 36.8 Å². The number of quaternary nitrogens is 1. The molecule has 2 N–H and O–H groups in total. The van der Waals surface area contributed by atoms with Gasteiger partial charge in [0, 0.05) is 16.4 Å². The highest BCUT2D eigenvalue weighted by Crippen LogP contribution is 2.19. The number of anilines is 2. The minimum absolute atomic E-state index is 0.0720. The van der Waals surface area contributed by atoms with E-state index in [1.54, 1.807) is 0 Å². The minimum Gasteiger partial charge on any atom is -0.360 e. The summed E-state index contributed by atoms with van der Waals surface area (Å²) >= 11 is 6.10. The monoisotopic (exact) mass is 372 g/mol. The summed E-state index contributed by atoms with van der Waals surface area (Å²) in [6.45, 7) is 9.84. The second-order valence-corrected chi connectivity index (χ2v) is 7.59. The molecule has 1 aliphatic heterocycles. The molecule has 0 spiro atoms. The third-order valence-electron chi connectivity index (χ3n) is 5.22. The number of amides is 1. The van der Waals surface area contributed by atoms with Crippen LogP contribution in [0.2, 0.25) is 5.02 Å². The Morgan fingerprint density at radius 2 is 1.88 bits per heavy atom. The van der Waals surface area contributed by atoms with Crippen molar-refractivity contribution in [1.29, 1.82) is 0 Å². The van der Waals surface area contributed by atoms with Crippen LogP contribution in [-0.4, -0.2) is 38.1 Å². The quantitative estimate of drug-likeness (QED) is 0.865. The molecule has 1 fully saturated rings. The lowest BCUT2D eigenvalue weighted by Crippen LogP contribution is -3.19. The lowest BCUT2D eigenvalue weighted by atomic mass is 10.1. The first kappa shape index (κ1) is 18.7. The van der Waals surface area contributed by atoms with E-state index in [1.165, 1.54) is 10.5 Å². The van der Waals surface area contributed by atoms with E-state index in [4.69, 9.17) is 11.6 Å². The number of hydrogen-bond donors (Lipinski definition) is 2. The van der Waals surface area contributed by atoms with E-state index in [0.29, 0.717) is 0 Å². The number of halogens is 1. The van der Waals surface area contributed by atoms with Gasteiger partial charge >= 0.3 is 0 Å². The van der Waals surface area contributed by atoms with Crippen LogP contribution < -0.4 is 15.1 Å². The minimum atomic E-state index is -0.0720. The fourth-order valence-electron chi connectivity index (χ4n) is 3.54. The summed E-state index contributed by atoms with van der Waals surface area (Å²) in [5.41, 5.74) is 4.37. The maximum Gasteiger partial charge on any atom is 0.282 e. The van der Waals surface area contributed by atoms with Crippen LogP contribution in [0.4, 0.5) is 11.4 Å². The molecular formula is C21H27ClN3O+. The summed E-state index contributed by atoms with van der Waals surface area (Å²) < 4.78 is 0. The van der Waals surface area contributed by atoms with E-state index in [1.807, 2.05) is 44.2 Å². The predicted molar refractivity (Wildman–Crippen MR) is 108 cm³/mol. The van der Waals surface area contributed by atoms with Gasteiger partial charge in [-0.1, -0.05) is 35.4 Å². The van der Waals surface area contributed by atoms with Gasteiger partial charge in [0.15, 0.2) is 6.04 Å². The molecule has 1 aliphatic rings. The molecule has 0 unspecified atom stereocenters. The molecule has 1 heterocycles. The number of nitrogens with zero attached hydrogens (tertiary/aromatic N) is 1. The Balaban J connectivity index is 1.57. The van der Waals surface area contributed by atoms with E-state index in [2.05, 4.69) is 29.3 Å². The van der Waals surface area contributed by atoms with Crippen LogP contribution in [0.15, 0.2) is 42.5 Å². The fourth-order valence-corrected chi connectivity index (χ4v) is 3.72. The summed E-state index contributed by atoms with van der Waals surface area (Å²) in [7, 11) is 0. The number of carbonyl (C=O) groups excluding carboxylic acids is 1. The maximum absolute atomic E-state index is 12.7. The largest absolute Gasteiger partial charge is 0.360 e. The number of rotatable bonds is 4. The van der Waals surface area contributed by atoms with Crippen LogP contribution >= 0.6 is 11.6 Å². The van der Waals surface area contributed by atoms with Crippen molar-refractivity contribution in [1.82, 2.24) is 0 Å². The number of carbonyl (C=O) groups is 1. The average molecular weight is 373 g/mol. The zero-order valence-corrected chi connectivity index (χ0v) is 16.4. The second-order valence-electron chi connectivity index (χ2n) is 7.15. The van der Waals surface area contributed by atoms with Gasteiger partial charge in [0.25, 0.3) is 5.91 Å². The zero-order valence-electron chi connectivity index (χ0n) is 15.7. The number of piperazine rings is 1. The lowest BCUT2D eigenvalue weighted by Gasteiger charge is -2.36. The molecule has 0 radical (unpaired) electrons. The number of benzene rings is 2. The summed E-state index contributed by atoms with van der Waals surface area (Å²) in [5.74, 6) is 0.0863. The molecule has 0 saturated carbocycles. The third kappa shape index (κ3) is 4.37. The zero-order chi connectivity index (χ0) is 18.7. The number of hydrogen-bond acceptors (Lipinski definition) is 2. The van der Waals surface area contributed by atoms with Gasteiger partial charge in [-0.25, -0.2) is 0 Å². The SMILES string of the molecule is Cc1ccc(NC(=O)[C@@H](C)[NH+]2CCN(c3cccc(Cl)c3)CC2)c(C)c1. The molecule has 5 heteroatoms. The second kappa shape index (κ2) is 8.11. The summed E-state index contributed by atoms with van der Waals surface area (Å²) in [6.07, 6.45) is 0. The van der Waals surface area contributed by atoms with Crippen molar-refractivity contribution in [2.24, 2.45) is 0 Å². The lowest BCUT2D eigenvalue weighted by molar-refractivity contribution is -0.914. The molecule has 138 valence electrons. The Bertz CT molecular complexity index is 785. The fraction of sp³-hybridized carbons (Fsp3) is 0.381. The first-order valence-electron chi connectivity index (χ1n) is 9.17. The van der Waals surface area contributed by atoms with Crippen molar-refractivity contribution in [3.63, 3.8) is 0 Å². The molecule has 26 heavy (non-hydrogen) atoms. The van der Waals surface area contributed by atoms with Crippen molar-refractivity contribution in [3.8, 4) is 0 Å². The van der Waals surface area contributed by atoms with Crippen LogP contribution in [0, 0.1) is 13.8 Å². The van der Waals surface area contributed by atoms with Crippen LogP contribution in [0.25, 0.3) is 0 Å². The number of nitrogens with one attached hydrogen (secondary N) is 2. The van der Waals surface area contributed by atoms with Gasteiger partial charge in [-0.2, -0.15) is 0 Å². The van der Waals surface area contributed by atoms with Gasteiger partial charge < -0.3 is 15.1 Å². The van der Waals surface area contributed by atoms with Gasteiger partial charge in [-0.05, 0) is 50.6 Å². The predicted octanol–water partition coefficient (Wildman–Crippen LogP) is 2.69. The maximum atomic E-state index is 12.7. The number of aryl methyl sites for hydroxylation is 2. The first-order valence-corrected chi connectivity index (χ1v) is 9.55. The molecule has 1 atom stereocenters. The molecule has 1 saturated heterocycles. The molecular weight excluding hydrogens is 346 g/mol. The van der Waals surface area contributed by atoms with Crippen LogP contribution in [0.3, 0.4) is 0 Å². The molecule has 0 aromatic heterocycles. The Labute approximate surface area is 160 Å². The van der Waals surface area contributed by atoms with Crippen LogP contribution in [0.5, 0.6) is 0 Å². The highest BCUT2D eigenvalue weighted by Gasteiger charge is 2.29. The molecule has 2 aromatic carbocycles. The van der Waals surface area contributed by atoms with E-state index in [-0.39, 0.29) is 11.9 Å². The Morgan fingerprint density at radius 1 is 1.15 bits per heavy atom. The van der Waals surface area contributed by atoms with Crippen molar-refractivity contribution in [2.45, 2.75) is 26.8 Å². The normalized spacial score (nSPS) is 16.4. The van der Waals surface area contributed by atoms with Gasteiger partial charge in [0.2, 0.25) is 0 Å². The summed E-state index contributed by atoms with van der Waals surface area (Å²) in [4.78, 5) is 16.3. The van der Waals surface area contributed by atoms with Gasteiger partial charge in [0.05, 0.1) is 26.2 Å². The van der Waals surface area contributed by atoms with E-state index < -0.39 is 0 Å². The molecule has 3 rings (SSSR count). The van der Waals surface area contributed by atoms with Crippen molar-refractivity contribution in [3.05, 3.63) is 58.6 Å². The Kier molecular flexibility index (Phi) is 5.84. The third-order valence-corrected chi connectivity index (χ3v) is 5.46. The van der Waals surface area contributed by atoms with Crippen molar-refractivity contribution >= 4 is 28.9 Å². The average Bonchev–Trinajstić information content (AvgIpc) is 2.63. The van der Waals surface area contributed by atoms with Crippen LogP contribution in [0.1, 0.15) is 18.1 Å². The van der Waals surface area contributed by atoms with Crippen molar-refractivity contribution < 1.29 is 9.69 Å². The molecule has 4 nitrogen and oxygen atoms in total. The van der Waals surface area contributed by atoms with Gasteiger partial charge in [0.1, 0.15) is 0 Å². The van der Waals surface area contributed by atoms with E-state index >= 15 is 0 Å². The summed E-state index contributed by atoms with van der Waals surface area (Å²) in [5, 5.41) is 3.86. The first-order chi connectivity index (χ1) is 12.4. The molecule has 2 aromatic rings. The molecule has 0 aliphatic carbocycles. The highest BCUT2D eigenvalue weighted by molar-refractivity contribution is 6.30. The van der Waals surface area contributed by atoms with E-state index in [0.717, 1.165) is 48.1 Å². The smallest absolute Gasteiger partial charge is 0.282 e. The van der Waals surface area contributed by atoms with Crippen molar-refractivity contribution in [2.75, 3.05) is 36.4 Å². The standard InChI is InChI=1S/C21H26ClN3O/c1-15-7-8-20(16(2)13-15)23-21(26)17(3)24-9-11-25(12-10-24)19-6-4-5-18(22)14-19/h4-8,13-14,17H,9-12H2,1-3H3,(H,23,26)/p+1/t17-/m1/s1. The highest BCUT2D eigenvalue weighted by atomic mass is 35.5. The molecule has 0 bridgehead atoms. The van der Waals surface area contributed by atoms with Gasteiger partial charge in [-0.15, -0.1) is 0 Å². The Hall–Kier alpha value is -2.04. The summed E-state index contributed by atoms with van der Waals surface area (Å²) in [6, 6.07) is 14.0. The Morgan fingerprint density at radius 3 is 2.54 bits per heavy atom. The molecule has 1 amide bonds. The van der Waals surface area contributed by atoms with Crippen LogP contribution in [-0.2, 0) is 4.79 Å². The van der Waals surface area contributed by atoms with Gasteiger partial charge in [-0.3, -0.25) is 4.79 Å². The van der Waals surface area contributed by atoms with E-state index in [9.17, 15) is 4.79 Å².